The molecule has 5 aromatic rings. The second-order valence-corrected chi connectivity index (χ2v) is 8.62. The van der Waals surface area contributed by atoms with Crippen LogP contribution in [0.15, 0.2) is 97.3 Å². The molecule has 11 heteroatoms. The number of nitro benzene ring substituents is 1. The average Bonchev–Trinajstić information content (AvgIpc) is 3.60. The van der Waals surface area contributed by atoms with Gasteiger partial charge in [0.2, 0.25) is 0 Å². The molecule has 38 heavy (non-hydrogen) atoms. The Bertz CT molecular complexity index is 1580. The zero-order valence-corrected chi connectivity index (χ0v) is 20.7. The first kappa shape index (κ1) is 24.7. The van der Waals surface area contributed by atoms with E-state index < -0.39 is 4.92 Å². The van der Waals surface area contributed by atoms with Crippen LogP contribution in [0.5, 0.6) is 5.75 Å². The van der Waals surface area contributed by atoms with Crippen LogP contribution in [0.25, 0.3) is 16.9 Å². The molecule has 1 amide bonds. The van der Waals surface area contributed by atoms with Crippen LogP contribution >= 0.6 is 11.6 Å². The molecule has 0 saturated heterocycles. The third-order valence-corrected chi connectivity index (χ3v) is 5.94. The van der Waals surface area contributed by atoms with Crippen molar-refractivity contribution in [2.75, 3.05) is 0 Å². The Hall–Kier alpha value is -4.96. The second-order valence-electron chi connectivity index (χ2n) is 8.22. The van der Waals surface area contributed by atoms with E-state index in [4.69, 9.17) is 21.4 Å². The fourth-order valence-corrected chi connectivity index (χ4v) is 4.00. The van der Waals surface area contributed by atoms with Gasteiger partial charge in [0, 0.05) is 42.2 Å². The summed E-state index contributed by atoms with van der Waals surface area (Å²) in [5.74, 6) is -0.0915. The van der Waals surface area contributed by atoms with Crippen LogP contribution in [0, 0.1) is 10.1 Å². The number of hydrogen-bond acceptors (Lipinski definition) is 6. The highest BCUT2D eigenvalue weighted by Gasteiger charge is 2.16. The Balaban J connectivity index is 1.26. The highest BCUT2D eigenvalue weighted by Crippen LogP contribution is 2.29. The number of ether oxygens (including phenoxy) is 1. The van der Waals surface area contributed by atoms with Gasteiger partial charge in [-0.3, -0.25) is 14.9 Å². The van der Waals surface area contributed by atoms with Crippen LogP contribution in [0.2, 0.25) is 5.02 Å². The van der Waals surface area contributed by atoms with E-state index in [0.29, 0.717) is 0 Å². The fraction of sp³-hybridized carbons (Fsp3) is 0.0741. The number of halogens is 1. The number of aromatic nitrogens is 4. The van der Waals surface area contributed by atoms with Crippen LogP contribution in [-0.4, -0.2) is 30.4 Å². The molecule has 3 aromatic carbocycles. The molecule has 190 valence electrons. The molecular formula is C27H21ClN6O4. The van der Waals surface area contributed by atoms with Crippen LogP contribution in [-0.2, 0) is 13.3 Å². The summed E-state index contributed by atoms with van der Waals surface area (Å²) in [6.07, 6.45) is 3.50. The van der Waals surface area contributed by atoms with Gasteiger partial charge in [0.1, 0.15) is 11.4 Å². The van der Waals surface area contributed by atoms with E-state index >= 15 is 0 Å². The minimum atomic E-state index is -0.538. The zero-order chi connectivity index (χ0) is 26.5. The largest absolute Gasteiger partial charge is 0.470 e. The Kier molecular flexibility index (Phi) is 7.14. The molecule has 0 spiro atoms. The SMILES string of the molecule is O=C(NCc1cn(-c2ccccc2)nc1-c1ccccc1)c1ccn(COc2ccc([N+](=O)[O-])cc2Cl)n1. The number of benzene rings is 3. The fourth-order valence-electron chi connectivity index (χ4n) is 3.77. The van der Waals surface area contributed by atoms with E-state index in [9.17, 15) is 14.9 Å². The summed E-state index contributed by atoms with van der Waals surface area (Å²) in [5.41, 5.74) is 3.55. The maximum absolute atomic E-state index is 12.8. The van der Waals surface area contributed by atoms with Crippen molar-refractivity contribution in [1.29, 1.82) is 0 Å². The van der Waals surface area contributed by atoms with Gasteiger partial charge in [-0.05, 0) is 24.3 Å². The predicted octanol–water partition coefficient (Wildman–Crippen LogP) is 5.26. The predicted molar refractivity (Wildman–Crippen MR) is 141 cm³/mol. The number of non-ortho nitro benzene ring substituents is 1. The molecule has 0 bridgehead atoms. The summed E-state index contributed by atoms with van der Waals surface area (Å²) in [6.45, 7) is 0.213. The van der Waals surface area contributed by atoms with E-state index in [-0.39, 0.29) is 41.3 Å². The standard InChI is InChI=1S/C27H21ClN6O4/c28-23-15-22(34(36)37)11-12-25(23)38-18-32-14-13-24(30-32)27(35)29-16-20-17-33(21-9-5-2-6-10-21)31-26(20)19-7-3-1-4-8-19/h1-15,17H,16,18H2,(H,29,35). The molecule has 1 N–H and O–H groups in total. The minimum Gasteiger partial charge on any atom is -0.470 e. The molecule has 10 nitrogen and oxygen atoms in total. The van der Waals surface area contributed by atoms with E-state index in [0.717, 1.165) is 22.5 Å². The van der Waals surface area contributed by atoms with Gasteiger partial charge in [-0.25, -0.2) is 9.36 Å². The number of carbonyl (C=O) groups is 1. The Labute approximate surface area is 222 Å². The summed E-state index contributed by atoms with van der Waals surface area (Å²) < 4.78 is 8.81. The maximum Gasteiger partial charge on any atom is 0.272 e. The molecular weight excluding hydrogens is 508 g/mol. The lowest BCUT2D eigenvalue weighted by atomic mass is 10.1. The molecule has 0 saturated carbocycles. The molecule has 0 aliphatic heterocycles. The van der Waals surface area contributed by atoms with Gasteiger partial charge in [0.15, 0.2) is 6.73 Å². The van der Waals surface area contributed by atoms with Gasteiger partial charge in [-0.15, -0.1) is 0 Å². The molecule has 2 heterocycles. The maximum atomic E-state index is 12.8. The van der Waals surface area contributed by atoms with Gasteiger partial charge in [-0.1, -0.05) is 60.1 Å². The molecule has 0 aliphatic rings. The van der Waals surface area contributed by atoms with Gasteiger partial charge < -0.3 is 10.1 Å². The first-order chi connectivity index (χ1) is 18.5. The van der Waals surface area contributed by atoms with Crippen LogP contribution in [0.1, 0.15) is 16.1 Å². The zero-order valence-electron chi connectivity index (χ0n) is 19.9. The summed E-state index contributed by atoms with van der Waals surface area (Å²) in [4.78, 5) is 23.2. The molecule has 0 fully saturated rings. The summed E-state index contributed by atoms with van der Waals surface area (Å²) in [6, 6.07) is 25.0. The topological polar surface area (TPSA) is 117 Å². The lowest BCUT2D eigenvalue weighted by Gasteiger charge is -2.08. The third kappa shape index (κ3) is 5.55. The number of para-hydroxylation sites is 1. The van der Waals surface area contributed by atoms with Gasteiger partial charge in [0.05, 0.1) is 21.3 Å². The number of nitrogens with one attached hydrogen (secondary N) is 1. The number of amides is 1. The summed E-state index contributed by atoms with van der Waals surface area (Å²) in [7, 11) is 0. The number of nitro groups is 1. The Morgan fingerprint density at radius 3 is 2.45 bits per heavy atom. The molecule has 0 radical (unpaired) electrons. The van der Waals surface area contributed by atoms with Gasteiger partial charge >= 0.3 is 0 Å². The van der Waals surface area contributed by atoms with Crippen molar-refractivity contribution in [1.82, 2.24) is 24.9 Å². The molecule has 0 aliphatic carbocycles. The second kappa shape index (κ2) is 11.0. The summed E-state index contributed by atoms with van der Waals surface area (Å²) >= 11 is 6.06. The van der Waals surface area contributed by atoms with Crippen LogP contribution in [0.3, 0.4) is 0 Å². The van der Waals surface area contributed by atoms with Crippen molar-refractivity contribution in [2.45, 2.75) is 13.3 Å². The number of carbonyl (C=O) groups excluding carboxylic acids is 1. The first-order valence-electron chi connectivity index (χ1n) is 11.6. The monoisotopic (exact) mass is 528 g/mol. The number of hydrogen-bond donors (Lipinski definition) is 1. The van der Waals surface area contributed by atoms with Crippen LogP contribution in [0.4, 0.5) is 5.69 Å². The quantitative estimate of drug-likeness (QED) is 0.206. The van der Waals surface area contributed by atoms with Crippen molar-refractivity contribution >= 4 is 23.2 Å². The number of rotatable bonds is 9. The minimum absolute atomic E-state index is 0.0349. The lowest BCUT2D eigenvalue weighted by Crippen LogP contribution is -2.23. The Morgan fingerprint density at radius 2 is 1.74 bits per heavy atom. The molecule has 2 aromatic heterocycles. The lowest BCUT2D eigenvalue weighted by molar-refractivity contribution is -0.384. The van der Waals surface area contributed by atoms with Gasteiger partial charge in [0.25, 0.3) is 11.6 Å². The molecule has 0 atom stereocenters. The van der Waals surface area contributed by atoms with E-state index in [1.807, 2.05) is 66.9 Å². The highest BCUT2D eigenvalue weighted by atomic mass is 35.5. The molecule has 5 rings (SSSR count). The van der Waals surface area contributed by atoms with Gasteiger partial charge in [-0.2, -0.15) is 10.2 Å². The third-order valence-electron chi connectivity index (χ3n) is 5.65. The number of nitrogens with zero attached hydrogens (tertiary/aromatic N) is 5. The van der Waals surface area contributed by atoms with Crippen LogP contribution < -0.4 is 10.1 Å². The molecule has 0 unspecified atom stereocenters. The summed E-state index contributed by atoms with van der Waals surface area (Å²) in [5, 5.41) is 22.9. The van der Waals surface area contributed by atoms with E-state index in [1.165, 1.54) is 22.9 Å². The van der Waals surface area contributed by atoms with Crippen molar-refractivity contribution in [3.8, 4) is 22.7 Å². The van der Waals surface area contributed by atoms with E-state index in [2.05, 4.69) is 10.4 Å². The van der Waals surface area contributed by atoms with Crippen molar-refractivity contribution < 1.29 is 14.5 Å². The van der Waals surface area contributed by atoms with Crippen molar-refractivity contribution in [3.05, 3.63) is 124 Å². The van der Waals surface area contributed by atoms with E-state index in [1.54, 1.807) is 16.9 Å². The Morgan fingerprint density at radius 1 is 1.00 bits per heavy atom. The highest BCUT2D eigenvalue weighted by molar-refractivity contribution is 6.32. The van der Waals surface area contributed by atoms with Crippen molar-refractivity contribution in [3.63, 3.8) is 0 Å². The smallest absolute Gasteiger partial charge is 0.272 e. The average molecular weight is 529 g/mol. The van der Waals surface area contributed by atoms with Crippen molar-refractivity contribution in [2.24, 2.45) is 0 Å². The first-order valence-corrected chi connectivity index (χ1v) is 11.9. The normalized spacial score (nSPS) is 10.8.